The Balaban J connectivity index is 1.65. The third-order valence-corrected chi connectivity index (χ3v) is 4.83. The fourth-order valence-corrected chi connectivity index (χ4v) is 3.11. The van der Waals surface area contributed by atoms with Gasteiger partial charge in [-0.05, 0) is 54.8 Å². The average Bonchev–Trinajstić information content (AvgIpc) is 3.11. The number of nitrogens with one attached hydrogen (secondary N) is 1. The number of hydrogen-bond acceptors (Lipinski definition) is 5. The summed E-state index contributed by atoms with van der Waals surface area (Å²) in [7, 11) is 0. The van der Waals surface area contributed by atoms with Crippen molar-refractivity contribution in [1.29, 1.82) is 0 Å². The SMILES string of the molecule is Cc1ccc(-c2csc(NC(=O)/C=C/c3ccc([N+](=O)[O-])cc3)n2)cc1C. The van der Waals surface area contributed by atoms with Gasteiger partial charge in [-0.3, -0.25) is 20.2 Å². The molecule has 0 fully saturated rings. The van der Waals surface area contributed by atoms with E-state index in [-0.39, 0.29) is 11.6 Å². The molecule has 3 rings (SSSR count). The summed E-state index contributed by atoms with van der Waals surface area (Å²) < 4.78 is 0. The zero-order chi connectivity index (χ0) is 19.4. The quantitative estimate of drug-likeness (QED) is 0.384. The Morgan fingerprint density at radius 3 is 2.56 bits per heavy atom. The van der Waals surface area contributed by atoms with Gasteiger partial charge < -0.3 is 0 Å². The molecule has 0 aliphatic heterocycles. The topological polar surface area (TPSA) is 85.1 Å². The summed E-state index contributed by atoms with van der Waals surface area (Å²) in [5.74, 6) is -0.311. The van der Waals surface area contributed by atoms with Gasteiger partial charge in [-0.1, -0.05) is 12.1 Å². The molecule has 1 N–H and O–H groups in total. The third kappa shape index (κ3) is 4.65. The number of thiazole rings is 1. The fourth-order valence-electron chi connectivity index (χ4n) is 2.39. The van der Waals surface area contributed by atoms with Crippen LogP contribution in [0.25, 0.3) is 17.3 Å². The maximum absolute atomic E-state index is 12.1. The number of nitro groups is 1. The van der Waals surface area contributed by atoms with Crippen molar-refractivity contribution in [3.8, 4) is 11.3 Å². The van der Waals surface area contributed by atoms with Crippen LogP contribution in [0.2, 0.25) is 0 Å². The summed E-state index contributed by atoms with van der Waals surface area (Å²) in [6, 6.07) is 12.1. The van der Waals surface area contributed by atoms with Gasteiger partial charge in [0, 0.05) is 29.2 Å². The van der Waals surface area contributed by atoms with Crippen LogP contribution in [0.3, 0.4) is 0 Å². The molecule has 0 saturated carbocycles. The van der Waals surface area contributed by atoms with Gasteiger partial charge in [-0.25, -0.2) is 4.98 Å². The number of benzene rings is 2. The molecule has 0 saturated heterocycles. The summed E-state index contributed by atoms with van der Waals surface area (Å²) in [4.78, 5) is 26.7. The van der Waals surface area contributed by atoms with E-state index < -0.39 is 4.92 Å². The van der Waals surface area contributed by atoms with Crippen LogP contribution in [0.4, 0.5) is 10.8 Å². The van der Waals surface area contributed by atoms with Gasteiger partial charge in [-0.2, -0.15) is 0 Å². The smallest absolute Gasteiger partial charge is 0.269 e. The number of rotatable bonds is 5. The number of non-ortho nitro benzene ring substituents is 1. The van der Waals surface area contributed by atoms with E-state index in [0.29, 0.717) is 10.7 Å². The lowest BCUT2D eigenvalue weighted by atomic mass is 10.1. The van der Waals surface area contributed by atoms with E-state index in [9.17, 15) is 14.9 Å². The minimum atomic E-state index is -0.463. The Bertz CT molecular complexity index is 1020. The Morgan fingerprint density at radius 1 is 1.15 bits per heavy atom. The van der Waals surface area contributed by atoms with E-state index in [1.54, 1.807) is 18.2 Å². The van der Waals surface area contributed by atoms with Gasteiger partial charge in [0.1, 0.15) is 0 Å². The molecule has 2 aromatic carbocycles. The third-order valence-electron chi connectivity index (χ3n) is 4.07. The Hall–Kier alpha value is -3.32. The van der Waals surface area contributed by atoms with Crippen LogP contribution < -0.4 is 5.32 Å². The highest BCUT2D eigenvalue weighted by molar-refractivity contribution is 7.14. The molecule has 7 heteroatoms. The van der Waals surface area contributed by atoms with Crippen molar-refractivity contribution >= 4 is 34.1 Å². The minimum absolute atomic E-state index is 0.0123. The summed E-state index contributed by atoms with van der Waals surface area (Å²) in [6.07, 6.45) is 2.97. The predicted molar refractivity (Wildman–Crippen MR) is 108 cm³/mol. The van der Waals surface area contributed by atoms with Crippen molar-refractivity contribution < 1.29 is 9.72 Å². The maximum atomic E-state index is 12.1. The molecular weight excluding hydrogens is 362 g/mol. The van der Waals surface area contributed by atoms with E-state index in [4.69, 9.17) is 0 Å². The molecule has 0 atom stereocenters. The zero-order valence-corrected chi connectivity index (χ0v) is 15.6. The highest BCUT2D eigenvalue weighted by atomic mass is 32.1. The number of carbonyl (C=O) groups is 1. The molecule has 0 bridgehead atoms. The largest absolute Gasteiger partial charge is 0.298 e. The predicted octanol–water partition coefficient (Wildman–Crippen LogP) is 4.99. The number of hydrogen-bond donors (Lipinski definition) is 1. The first-order chi connectivity index (χ1) is 12.9. The van der Waals surface area contributed by atoms with E-state index in [2.05, 4.69) is 36.3 Å². The van der Waals surface area contributed by atoms with Crippen LogP contribution in [0.5, 0.6) is 0 Å². The molecule has 0 aliphatic carbocycles. The Kier molecular flexibility index (Phi) is 5.42. The van der Waals surface area contributed by atoms with Gasteiger partial charge in [0.05, 0.1) is 10.6 Å². The standard InChI is InChI=1S/C20H17N3O3S/c1-13-3-7-16(11-14(13)2)18-12-27-20(21-18)22-19(24)10-6-15-4-8-17(9-5-15)23(25)26/h3-12H,1-2H3,(H,21,22,24)/b10-6+. The number of carbonyl (C=O) groups excluding carboxylic acids is 1. The molecule has 1 aromatic heterocycles. The number of amides is 1. The van der Waals surface area contributed by atoms with Gasteiger partial charge in [0.25, 0.3) is 5.69 Å². The van der Waals surface area contributed by atoms with Crippen molar-refractivity contribution in [2.75, 3.05) is 5.32 Å². The van der Waals surface area contributed by atoms with Crippen molar-refractivity contribution in [2.45, 2.75) is 13.8 Å². The van der Waals surface area contributed by atoms with E-state index in [1.165, 1.54) is 40.7 Å². The monoisotopic (exact) mass is 379 g/mol. The van der Waals surface area contributed by atoms with Gasteiger partial charge >= 0.3 is 0 Å². The maximum Gasteiger partial charge on any atom is 0.269 e. The molecule has 6 nitrogen and oxygen atoms in total. The number of nitrogens with zero attached hydrogens (tertiary/aromatic N) is 2. The first-order valence-electron chi connectivity index (χ1n) is 8.19. The molecule has 27 heavy (non-hydrogen) atoms. The molecule has 1 amide bonds. The normalized spacial score (nSPS) is 10.9. The first kappa shape index (κ1) is 18.5. The molecule has 0 aliphatic rings. The summed E-state index contributed by atoms with van der Waals surface area (Å²) >= 11 is 1.36. The highest BCUT2D eigenvalue weighted by Crippen LogP contribution is 2.26. The van der Waals surface area contributed by atoms with Gasteiger partial charge in [-0.15, -0.1) is 11.3 Å². The van der Waals surface area contributed by atoms with Crippen LogP contribution in [-0.2, 0) is 4.79 Å². The van der Waals surface area contributed by atoms with Gasteiger partial charge in [0.2, 0.25) is 5.91 Å². The molecule has 0 unspecified atom stereocenters. The van der Waals surface area contributed by atoms with Crippen molar-refractivity contribution in [1.82, 2.24) is 4.98 Å². The summed E-state index contributed by atoms with van der Waals surface area (Å²) in [5.41, 5.74) is 4.95. The van der Waals surface area contributed by atoms with Crippen LogP contribution in [0.15, 0.2) is 53.9 Å². The molecular formula is C20H17N3O3S. The van der Waals surface area contributed by atoms with Crippen molar-refractivity contribution in [2.24, 2.45) is 0 Å². The molecule has 0 radical (unpaired) electrons. The molecule has 136 valence electrons. The van der Waals surface area contributed by atoms with E-state index in [0.717, 1.165) is 11.3 Å². The lowest BCUT2D eigenvalue weighted by molar-refractivity contribution is -0.384. The van der Waals surface area contributed by atoms with Crippen LogP contribution in [0.1, 0.15) is 16.7 Å². The summed E-state index contributed by atoms with van der Waals surface area (Å²) in [6.45, 7) is 4.11. The van der Waals surface area contributed by atoms with E-state index in [1.807, 2.05) is 11.4 Å². The second kappa shape index (κ2) is 7.92. The number of aryl methyl sites for hydroxylation is 2. The molecule has 1 heterocycles. The number of nitro benzene ring substituents is 1. The second-order valence-corrected chi connectivity index (χ2v) is 6.87. The minimum Gasteiger partial charge on any atom is -0.298 e. The number of aromatic nitrogens is 1. The Morgan fingerprint density at radius 2 is 1.89 bits per heavy atom. The highest BCUT2D eigenvalue weighted by Gasteiger charge is 2.08. The lowest BCUT2D eigenvalue weighted by Crippen LogP contribution is -2.07. The van der Waals surface area contributed by atoms with Crippen LogP contribution in [-0.4, -0.2) is 15.8 Å². The second-order valence-electron chi connectivity index (χ2n) is 6.01. The van der Waals surface area contributed by atoms with Crippen LogP contribution in [0, 0.1) is 24.0 Å². The van der Waals surface area contributed by atoms with Gasteiger partial charge in [0.15, 0.2) is 5.13 Å². The van der Waals surface area contributed by atoms with Crippen LogP contribution >= 0.6 is 11.3 Å². The molecule has 0 spiro atoms. The first-order valence-corrected chi connectivity index (χ1v) is 9.07. The summed E-state index contributed by atoms with van der Waals surface area (Å²) in [5, 5.41) is 15.8. The average molecular weight is 379 g/mol. The fraction of sp³-hybridized carbons (Fsp3) is 0.100. The van der Waals surface area contributed by atoms with E-state index >= 15 is 0 Å². The Labute approximate surface area is 160 Å². The van der Waals surface area contributed by atoms with Crippen molar-refractivity contribution in [3.05, 3.63) is 80.7 Å². The van der Waals surface area contributed by atoms with Crippen molar-refractivity contribution in [3.63, 3.8) is 0 Å². The zero-order valence-electron chi connectivity index (χ0n) is 14.8. The number of anilines is 1. The molecule has 3 aromatic rings. The lowest BCUT2D eigenvalue weighted by Gasteiger charge is -2.02.